The van der Waals surface area contributed by atoms with E-state index in [1.165, 1.54) is 0 Å². The summed E-state index contributed by atoms with van der Waals surface area (Å²) in [5.74, 6) is -0.202. The van der Waals surface area contributed by atoms with Crippen molar-refractivity contribution in [2.75, 3.05) is 5.32 Å². The van der Waals surface area contributed by atoms with Gasteiger partial charge in [-0.15, -0.1) is 0 Å². The molecule has 0 bridgehead atoms. The van der Waals surface area contributed by atoms with Crippen LogP contribution < -0.4 is 10.6 Å². The largest absolute Gasteiger partial charge is 0.445 e. The molecule has 0 aliphatic heterocycles. The number of nitrogens with zero attached hydrogens (tertiary/aromatic N) is 1. The zero-order valence-electron chi connectivity index (χ0n) is 19.2. The van der Waals surface area contributed by atoms with Gasteiger partial charge in [-0.3, -0.25) is 9.78 Å². The van der Waals surface area contributed by atoms with Gasteiger partial charge in [0.05, 0.1) is 5.56 Å². The highest BCUT2D eigenvalue weighted by molar-refractivity contribution is 6.05. The summed E-state index contributed by atoms with van der Waals surface area (Å²) < 4.78 is 5.26. The zero-order valence-corrected chi connectivity index (χ0v) is 19.2. The number of anilines is 1. The molecule has 166 valence electrons. The number of carbonyl (C=O) groups is 2. The molecule has 0 saturated heterocycles. The van der Waals surface area contributed by atoms with Crippen LogP contribution in [0.4, 0.5) is 10.5 Å². The molecular formula is C26H29N3O3. The van der Waals surface area contributed by atoms with Crippen molar-refractivity contribution < 1.29 is 14.3 Å². The Labute approximate surface area is 189 Å². The first-order chi connectivity index (χ1) is 15.1. The maximum atomic E-state index is 12.8. The van der Waals surface area contributed by atoms with Crippen molar-refractivity contribution in [3.63, 3.8) is 0 Å². The van der Waals surface area contributed by atoms with Gasteiger partial charge in [-0.05, 0) is 62.9 Å². The van der Waals surface area contributed by atoms with Crippen LogP contribution in [0.1, 0.15) is 47.8 Å². The van der Waals surface area contributed by atoms with Crippen LogP contribution >= 0.6 is 0 Å². The minimum atomic E-state index is -0.451. The normalized spacial score (nSPS) is 11.0. The number of aryl methyl sites for hydroxylation is 2. The van der Waals surface area contributed by atoms with Gasteiger partial charge in [-0.25, -0.2) is 4.79 Å². The topological polar surface area (TPSA) is 80.3 Å². The van der Waals surface area contributed by atoms with Crippen molar-refractivity contribution in [3.05, 3.63) is 83.2 Å². The predicted molar refractivity (Wildman–Crippen MR) is 127 cm³/mol. The van der Waals surface area contributed by atoms with Crippen molar-refractivity contribution >= 4 is 17.7 Å². The van der Waals surface area contributed by atoms with Crippen molar-refractivity contribution in [2.45, 2.75) is 46.8 Å². The van der Waals surface area contributed by atoms with Gasteiger partial charge in [0.1, 0.15) is 6.61 Å². The van der Waals surface area contributed by atoms with Gasteiger partial charge in [0, 0.05) is 29.2 Å². The van der Waals surface area contributed by atoms with E-state index < -0.39 is 6.09 Å². The average Bonchev–Trinajstić information content (AvgIpc) is 2.74. The zero-order chi connectivity index (χ0) is 23.3. The maximum Gasteiger partial charge on any atom is 0.407 e. The fraction of sp³-hybridized carbons (Fsp3) is 0.269. The number of carbonyl (C=O) groups excluding carboxylic acids is 2. The van der Waals surface area contributed by atoms with E-state index in [1.807, 2.05) is 83.1 Å². The van der Waals surface area contributed by atoms with Gasteiger partial charge in [-0.2, -0.15) is 0 Å². The van der Waals surface area contributed by atoms with E-state index in [0.717, 1.165) is 33.5 Å². The molecule has 6 nitrogen and oxygen atoms in total. The molecule has 2 amide bonds. The number of para-hydroxylation sites is 1. The highest BCUT2D eigenvalue weighted by Crippen LogP contribution is 2.23. The molecule has 0 spiro atoms. The number of ether oxygens (including phenoxy) is 1. The maximum absolute atomic E-state index is 12.8. The Bertz CT molecular complexity index is 1100. The van der Waals surface area contributed by atoms with Crippen LogP contribution in [-0.2, 0) is 11.3 Å². The Hall–Kier alpha value is -3.67. The standard InChI is InChI=1S/C26H29N3O3/c1-17-7-6-8-18(2)23(17)28-24(30)22-13-21(14-27-15-22)20-11-9-19(10-12-20)16-32-25(31)29-26(3,4)5/h6-15H,16H2,1-5H3,(H,28,30)(H,29,31). The minimum absolute atomic E-state index is 0.179. The molecular weight excluding hydrogens is 402 g/mol. The van der Waals surface area contributed by atoms with Crippen molar-refractivity contribution in [1.29, 1.82) is 0 Å². The lowest BCUT2D eigenvalue weighted by atomic mass is 10.0. The van der Waals surface area contributed by atoms with Crippen LogP contribution in [0.3, 0.4) is 0 Å². The third kappa shape index (κ3) is 6.17. The number of hydrogen-bond donors (Lipinski definition) is 2. The molecule has 3 aromatic rings. The number of rotatable bonds is 5. The molecule has 0 unspecified atom stereocenters. The number of amides is 2. The molecule has 0 saturated carbocycles. The van der Waals surface area contributed by atoms with E-state index in [9.17, 15) is 9.59 Å². The van der Waals surface area contributed by atoms with E-state index in [4.69, 9.17) is 4.74 Å². The Morgan fingerprint density at radius 3 is 2.22 bits per heavy atom. The van der Waals surface area contributed by atoms with Crippen molar-refractivity contribution in [3.8, 4) is 11.1 Å². The van der Waals surface area contributed by atoms with Crippen LogP contribution in [0, 0.1) is 13.8 Å². The summed E-state index contributed by atoms with van der Waals surface area (Å²) in [5, 5.41) is 5.75. The van der Waals surface area contributed by atoms with Gasteiger partial charge in [0.15, 0.2) is 0 Å². The first-order valence-electron chi connectivity index (χ1n) is 10.5. The highest BCUT2D eigenvalue weighted by atomic mass is 16.5. The van der Waals surface area contributed by atoms with Gasteiger partial charge >= 0.3 is 6.09 Å². The number of benzene rings is 2. The molecule has 2 aromatic carbocycles. The molecule has 0 fully saturated rings. The predicted octanol–water partition coefficient (Wildman–Crippen LogP) is 5.64. The van der Waals surface area contributed by atoms with Gasteiger partial charge < -0.3 is 15.4 Å². The van der Waals surface area contributed by atoms with E-state index in [-0.39, 0.29) is 18.1 Å². The summed E-state index contributed by atoms with van der Waals surface area (Å²) >= 11 is 0. The second-order valence-corrected chi connectivity index (χ2v) is 8.83. The Morgan fingerprint density at radius 1 is 0.938 bits per heavy atom. The number of hydrogen-bond acceptors (Lipinski definition) is 4. The van der Waals surface area contributed by atoms with E-state index >= 15 is 0 Å². The fourth-order valence-electron chi connectivity index (χ4n) is 3.20. The van der Waals surface area contributed by atoms with Gasteiger partial charge in [0.25, 0.3) is 5.91 Å². The van der Waals surface area contributed by atoms with Crippen LogP contribution in [0.25, 0.3) is 11.1 Å². The SMILES string of the molecule is Cc1cccc(C)c1NC(=O)c1cncc(-c2ccc(COC(=O)NC(C)(C)C)cc2)c1. The summed E-state index contributed by atoms with van der Waals surface area (Å²) in [5.41, 5.74) is 5.60. The number of aromatic nitrogens is 1. The molecule has 0 aliphatic rings. The smallest absolute Gasteiger partial charge is 0.407 e. The molecule has 0 aliphatic carbocycles. The summed E-state index contributed by atoms with van der Waals surface area (Å²) in [4.78, 5) is 28.9. The number of alkyl carbamates (subject to hydrolysis) is 1. The highest BCUT2D eigenvalue weighted by Gasteiger charge is 2.15. The lowest BCUT2D eigenvalue weighted by molar-refractivity contribution is 0.102. The quantitative estimate of drug-likeness (QED) is 0.548. The average molecular weight is 432 g/mol. The Kier molecular flexibility index (Phi) is 6.93. The van der Waals surface area contributed by atoms with Crippen LogP contribution in [0.2, 0.25) is 0 Å². The monoisotopic (exact) mass is 431 g/mol. The first kappa shape index (κ1) is 23.0. The molecule has 1 aromatic heterocycles. The second kappa shape index (κ2) is 9.64. The molecule has 3 rings (SSSR count). The minimum Gasteiger partial charge on any atom is -0.445 e. The lowest BCUT2D eigenvalue weighted by Gasteiger charge is -2.19. The Balaban J connectivity index is 1.68. The summed E-state index contributed by atoms with van der Waals surface area (Å²) in [6.07, 6.45) is 2.83. The van der Waals surface area contributed by atoms with Crippen LogP contribution in [-0.4, -0.2) is 22.5 Å². The van der Waals surface area contributed by atoms with E-state index in [0.29, 0.717) is 5.56 Å². The molecule has 6 heteroatoms. The summed E-state index contributed by atoms with van der Waals surface area (Å²) in [6.45, 7) is 9.80. The van der Waals surface area contributed by atoms with Crippen molar-refractivity contribution in [1.82, 2.24) is 10.3 Å². The van der Waals surface area contributed by atoms with E-state index in [1.54, 1.807) is 12.4 Å². The second-order valence-electron chi connectivity index (χ2n) is 8.83. The van der Waals surface area contributed by atoms with Crippen LogP contribution in [0.15, 0.2) is 60.9 Å². The molecule has 2 N–H and O–H groups in total. The lowest BCUT2D eigenvalue weighted by Crippen LogP contribution is -2.40. The molecule has 1 heterocycles. The number of pyridine rings is 1. The summed E-state index contributed by atoms with van der Waals surface area (Å²) in [6, 6.07) is 15.3. The van der Waals surface area contributed by atoms with E-state index in [2.05, 4.69) is 15.6 Å². The van der Waals surface area contributed by atoms with Gasteiger partial charge in [0.2, 0.25) is 0 Å². The van der Waals surface area contributed by atoms with Crippen LogP contribution in [0.5, 0.6) is 0 Å². The molecule has 0 atom stereocenters. The third-order valence-corrected chi connectivity index (χ3v) is 4.85. The fourth-order valence-corrected chi connectivity index (χ4v) is 3.20. The molecule has 0 radical (unpaired) electrons. The third-order valence-electron chi connectivity index (χ3n) is 4.85. The van der Waals surface area contributed by atoms with Crippen molar-refractivity contribution in [2.24, 2.45) is 0 Å². The Morgan fingerprint density at radius 2 is 1.59 bits per heavy atom. The number of nitrogens with one attached hydrogen (secondary N) is 2. The van der Waals surface area contributed by atoms with Gasteiger partial charge in [-0.1, -0.05) is 42.5 Å². The summed E-state index contributed by atoms with van der Waals surface area (Å²) in [7, 11) is 0. The molecule has 32 heavy (non-hydrogen) atoms. The first-order valence-corrected chi connectivity index (χ1v) is 10.5.